The van der Waals surface area contributed by atoms with E-state index in [0.29, 0.717) is 13.2 Å². The van der Waals surface area contributed by atoms with Gasteiger partial charge in [-0.15, -0.1) is 5.10 Å². The third-order valence-corrected chi connectivity index (χ3v) is 4.77. The number of hydrogen-bond donors (Lipinski definition) is 0. The molecule has 0 radical (unpaired) electrons. The molecule has 1 aromatic carbocycles. The Bertz CT molecular complexity index is 834. The number of fused-ring (bicyclic) bond motifs is 1. The lowest BCUT2D eigenvalue weighted by atomic mass is 9.98. The van der Waals surface area contributed by atoms with Crippen LogP contribution in [0.15, 0.2) is 54.9 Å². The van der Waals surface area contributed by atoms with Crippen molar-refractivity contribution in [3.63, 3.8) is 0 Å². The molecular formula is C20H23N5O. The molecule has 0 spiro atoms. The zero-order valence-corrected chi connectivity index (χ0v) is 15.0. The fraction of sp³-hybridized carbons (Fsp3) is 0.350. The molecule has 3 heterocycles. The molecule has 1 aliphatic rings. The molecule has 0 bridgehead atoms. The van der Waals surface area contributed by atoms with E-state index in [1.165, 1.54) is 16.8 Å². The van der Waals surface area contributed by atoms with Gasteiger partial charge < -0.3 is 4.74 Å². The molecule has 1 atom stereocenters. The van der Waals surface area contributed by atoms with Gasteiger partial charge in [0.1, 0.15) is 5.69 Å². The van der Waals surface area contributed by atoms with Crippen LogP contribution in [0.3, 0.4) is 0 Å². The smallest absolute Gasteiger partial charge is 0.100 e. The van der Waals surface area contributed by atoms with Crippen molar-refractivity contribution in [3.8, 4) is 0 Å². The monoisotopic (exact) mass is 349 g/mol. The standard InChI is InChI=1S/C20H23N5O/c1-24-20-18(15-26-14-17-5-3-2-4-6-17)12-25(13-19(20)22-23-24)11-16-7-9-21-10-8-16/h2-10,18H,11-15H2,1H3/t18-/m0/s1. The quantitative estimate of drug-likeness (QED) is 0.684. The molecule has 6 nitrogen and oxygen atoms in total. The van der Waals surface area contributed by atoms with Crippen LogP contribution in [-0.4, -0.2) is 38.0 Å². The Labute approximate surface area is 153 Å². The Balaban J connectivity index is 1.44. The molecule has 0 N–H and O–H groups in total. The SMILES string of the molecule is Cn1nnc2c1[C@H](COCc1ccccc1)CN(Cc1ccncc1)C2. The second kappa shape index (κ2) is 7.76. The van der Waals surface area contributed by atoms with Crippen molar-refractivity contribution in [1.29, 1.82) is 0 Å². The van der Waals surface area contributed by atoms with Gasteiger partial charge in [0.25, 0.3) is 0 Å². The minimum absolute atomic E-state index is 0.268. The summed E-state index contributed by atoms with van der Waals surface area (Å²) in [5.74, 6) is 0.268. The van der Waals surface area contributed by atoms with E-state index in [0.717, 1.165) is 25.3 Å². The molecule has 0 aliphatic carbocycles. The van der Waals surface area contributed by atoms with Crippen molar-refractivity contribution in [3.05, 3.63) is 77.4 Å². The molecule has 0 amide bonds. The van der Waals surface area contributed by atoms with Crippen LogP contribution in [-0.2, 0) is 31.5 Å². The number of rotatable bonds is 6. The Morgan fingerprint density at radius 2 is 1.88 bits per heavy atom. The topological polar surface area (TPSA) is 56.1 Å². The maximum absolute atomic E-state index is 6.03. The lowest BCUT2D eigenvalue weighted by molar-refractivity contribution is 0.0829. The van der Waals surface area contributed by atoms with Gasteiger partial charge in [0.15, 0.2) is 0 Å². The van der Waals surface area contributed by atoms with E-state index in [-0.39, 0.29) is 5.92 Å². The molecule has 2 aromatic heterocycles. The van der Waals surface area contributed by atoms with Crippen LogP contribution >= 0.6 is 0 Å². The molecule has 3 aromatic rings. The second-order valence-electron chi connectivity index (χ2n) is 6.77. The zero-order valence-electron chi connectivity index (χ0n) is 15.0. The first kappa shape index (κ1) is 16.9. The van der Waals surface area contributed by atoms with Crippen molar-refractivity contribution in [2.24, 2.45) is 7.05 Å². The molecule has 1 aliphatic heterocycles. The van der Waals surface area contributed by atoms with Crippen LogP contribution in [0.5, 0.6) is 0 Å². The van der Waals surface area contributed by atoms with Crippen molar-refractivity contribution in [2.45, 2.75) is 25.6 Å². The van der Waals surface area contributed by atoms with Gasteiger partial charge in [-0.25, -0.2) is 0 Å². The highest BCUT2D eigenvalue weighted by Crippen LogP contribution is 2.28. The Kier molecular flexibility index (Phi) is 5.04. The van der Waals surface area contributed by atoms with Gasteiger partial charge in [-0.3, -0.25) is 14.6 Å². The number of aryl methyl sites for hydroxylation is 1. The first-order valence-corrected chi connectivity index (χ1v) is 8.91. The average Bonchev–Trinajstić information content (AvgIpc) is 3.04. The fourth-order valence-electron chi connectivity index (χ4n) is 3.59. The summed E-state index contributed by atoms with van der Waals surface area (Å²) in [6.07, 6.45) is 3.68. The molecule has 26 heavy (non-hydrogen) atoms. The largest absolute Gasteiger partial charge is 0.376 e. The van der Waals surface area contributed by atoms with Gasteiger partial charge in [0.05, 0.1) is 18.9 Å². The van der Waals surface area contributed by atoms with Gasteiger partial charge in [0, 0.05) is 45.0 Å². The van der Waals surface area contributed by atoms with Crippen LogP contribution in [0.25, 0.3) is 0 Å². The number of benzene rings is 1. The summed E-state index contributed by atoms with van der Waals surface area (Å²) in [5, 5.41) is 8.60. The van der Waals surface area contributed by atoms with Crippen LogP contribution in [0, 0.1) is 0 Å². The van der Waals surface area contributed by atoms with Crippen LogP contribution in [0.2, 0.25) is 0 Å². The summed E-state index contributed by atoms with van der Waals surface area (Å²) in [6.45, 7) is 3.93. The van der Waals surface area contributed by atoms with E-state index >= 15 is 0 Å². The number of hydrogen-bond acceptors (Lipinski definition) is 5. The minimum atomic E-state index is 0.268. The average molecular weight is 349 g/mol. The van der Waals surface area contributed by atoms with Gasteiger partial charge in [0.2, 0.25) is 0 Å². The van der Waals surface area contributed by atoms with E-state index in [1.807, 2.05) is 42.3 Å². The molecule has 0 unspecified atom stereocenters. The second-order valence-corrected chi connectivity index (χ2v) is 6.77. The molecule has 4 rings (SSSR count). The lowest BCUT2D eigenvalue weighted by Gasteiger charge is -2.32. The number of pyridine rings is 1. The van der Waals surface area contributed by atoms with E-state index in [4.69, 9.17) is 4.74 Å². The third-order valence-electron chi connectivity index (χ3n) is 4.77. The molecule has 0 saturated carbocycles. The van der Waals surface area contributed by atoms with Gasteiger partial charge in [-0.2, -0.15) is 0 Å². The Morgan fingerprint density at radius 1 is 1.08 bits per heavy atom. The van der Waals surface area contributed by atoms with E-state index in [2.05, 4.69) is 44.5 Å². The lowest BCUT2D eigenvalue weighted by Crippen LogP contribution is -2.36. The Hall–Kier alpha value is -2.57. The number of ether oxygens (including phenoxy) is 1. The van der Waals surface area contributed by atoms with Crippen molar-refractivity contribution < 1.29 is 4.74 Å². The summed E-state index contributed by atoms with van der Waals surface area (Å²) < 4.78 is 7.93. The minimum Gasteiger partial charge on any atom is -0.376 e. The Morgan fingerprint density at radius 3 is 2.69 bits per heavy atom. The predicted molar refractivity (Wildman–Crippen MR) is 98.2 cm³/mol. The maximum Gasteiger partial charge on any atom is 0.100 e. The maximum atomic E-state index is 6.03. The van der Waals surface area contributed by atoms with Crippen molar-refractivity contribution >= 4 is 0 Å². The van der Waals surface area contributed by atoms with Gasteiger partial charge in [-0.1, -0.05) is 35.5 Å². The molecular weight excluding hydrogens is 326 g/mol. The van der Waals surface area contributed by atoms with Gasteiger partial charge in [-0.05, 0) is 23.3 Å². The molecule has 0 fully saturated rings. The summed E-state index contributed by atoms with van der Waals surface area (Å²) in [4.78, 5) is 6.50. The molecule has 134 valence electrons. The first-order chi connectivity index (χ1) is 12.8. The third kappa shape index (κ3) is 3.81. The van der Waals surface area contributed by atoms with Crippen LogP contribution in [0.1, 0.15) is 28.4 Å². The summed E-state index contributed by atoms with van der Waals surface area (Å²) >= 11 is 0. The van der Waals surface area contributed by atoms with Gasteiger partial charge >= 0.3 is 0 Å². The highest BCUT2D eigenvalue weighted by molar-refractivity contribution is 5.21. The molecule has 0 saturated heterocycles. The number of aromatic nitrogens is 4. The van der Waals surface area contributed by atoms with Crippen molar-refractivity contribution in [2.75, 3.05) is 13.2 Å². The number of nitrogens with zero attached hydrogens (tertiary/aromatic N) is 5. The first-order valence-electron chi connectivity index (χ1n) is 8.91. The van der Waals surface area contributed by atoms with E-state index < -0.39 is 0 Å². The predicted octanol–water partition coefficient (Wildman–Crippen LogP) is 2.53. The summed E-state index contributed by atoms with van der Waals surface area (Å²) in [7, 11) is 1.97. The van der Waals surface area contributed by atoms with E-state index in [1.54, 1.807) is 0 Å². The summed E-state index contributed by atoms with van der Waals surface area (Å²) in [5.41, 5.74) is 4.71. The highest BCUT2D eigenvalue weighted by atomic mass is 16.5. The normalized spacial score (nSPS) is 17.2. The fourth-order valence-corrected chi connectivity index (χ4v) is 3.59. The van der Waals surface area contributed by atoms with Crippen LogP contribution < -0.4 is 0 Å². The van der Waals surface area contributed by atoms with Crippen molar-refractivity contribution in [1.82, 2.24) is 24.9 Å². The summed E-state index contributed by atoms with van der Waals surface area (Å²) in [6, 6.07) is 14.4. The molecule has 6 heteroatoms. The van der Waals surface area contributed by atoms with E-state index in [9.17, 15) is 0 Å². The zero-order chi connectivity index (χ0) is 17.8. The van der Waals surface area contributed by atoms with Crippen LogP contribution in [0.4, 0.5) is 0 Å². The highest BCUT2D eigenvalue weighted by Gasteiger charge is 2.30.